The topological polar surface area (TPSA) is 51.7 Å². The molecule has 0 aliphatic heterocycles. The summed E-state index contributed by atoms with van der Waals surface area (Å²) in [4.78, 5) is 6.77. The summed E-state index contributed by atoms with van der Waals surface area (Å²) >= 11 is 0. The molecule has 1 aliphatic carbocycles. The fourth-order valence-electron chi connectivity index (χ4n) is 2.41. The molecule has 1 aliphatic rings. The normalized spacial score (nSPS) is 23.3. The Kier molecular flexibility index (Phi) is 7.15. The van der Waals surface area contributed by atoms with Crippen LogP contribution in [0.1, 0.15) is 32.6 Å². The fraction of sp³-hybridized carbons (Fsp3) is 0.667. The second kappa shape index (κ2) is 8.64. The van der Waals surface area contributed by atoms with Crippen molar-refractivity contribution >= 4 is 5.96 Å². The van der Waals surface area contributed by atoms with Crippen molar-refractivity contribution in [2.45, 2.75) is 44.7 Å². The molecule has 20 heavy (non-hydrogen) atoms. The predicted molar refractivity (Wildman–Crippen MR) is 86.5 cm³/mol. The van der Waals surface area contributed by atoms with Gasteiger partial charge in [0.25, 0.3) is 0 Å². The van der Waals surface area contributed by atoms with Gasteiger partial charge in [-0.05, 0) is 52.9 Å². The summed E-state index contributed by atoms with van der Waals surface area (Å²) in [7, 11) is 4.32. The summed E-state index contributed by atoms with van der Waals surface area (Å²) in [6, 6.07) is 1.20. The van der Waals surface area contributed by atoms with E-state index in [2.05, 4.69) is 53.1 Å². The van der Waals surface area contributed by atoms with E-state index in [1.807, 2.05) is 6.92 Å². The monoisotopic (exact) mass is 279 g/mol. The van der Waals surface area contributed by atoms with Gasteiger partial charge in [0, 0.05) is 17.8 Å². The third kappa shape index (κ3) is 6.10. The largest absolute Gasteiger partial charge is 0.370 e. The zero-order valence-corrected chi connectivity index (χ0v) is 13.1. The van der Waals surface area contributed by atoms with Gasteiger partial charge in [-0.3, -0.25) is 0 Å². The van der Waals surface area contributed by atoms with Crippen molar-refractivity contribution in [2.75, 3.05) is 20.8 Å². The second-order valence-corrected chi connectivity index (χ2v) is 5.58. The van der Waals surface area contributed by atoms with Crippen LogP contribution in [-0.2, 0) is 0 Å². The van der Waals surface area contributed by atoms with Gasteiger partial charge in [0.05, 0.1) is 0 Å². The van der Waals surface area contributed by atoms with Gasteiger partial charge >= 0.3 is 0 Å². The first-order chi connectivity index (χ1) is 9.52. The molecule has 0 unspecified atom stereocenters. The molecule has 3 N–H and O–H groups in total. The van der Waals surface area contributed by atoms with Crippen LogP contribution >= 0.6 is 0 Å². The van der Waals surface area contributed by atoms with Gasteiger partial charge in [0.15, 0.2) is 5.96 Å². The maximum Gasteiger partial charge on any atom is 0.197 e. The molecule has 114 valence electrons. The molecule has 0 radical (unpaired) electrons. The van der Waals surface area contributed by atoms with Crippen molar-refractivity contribution in [3.8, 4) is 0 Å². The second-order valence-electron chi connectivity index (χ2n) is 5.58. The number of nitrogens with one attached hydrogen (secondary N) is 3. The molecule has 5 heteroatoms. The summed E-state index contributed by atoms with van der Waals surface area (Å²) in [5.74, 6) is 0.780. The van der Waals surface area contributed by atoms with Crippen LogP contribution < -0.4 is 16.0 Å². The van der Waals surface area contributed by atoms with E-state index in [1.54, 1.807) is 6.20 Å². The van der Waals surface area contributed by atoms with E-state index in [0.29, 0.717) is 18.8 Å². The third-order valence-electron chi connectivity index (χ3n) is 3.62. The van der Waals surface area contributed by atoms with E-state index < -0.39 is 0 Å². The molecule has 0 aromatic carbocycles. The SMILES string of the molecule is C=CNC(=NCNC(=C)C)NC1CCC(N(C)C)CC1. The molecule has 0 spiro atoms. The lowest BCUT2D eigenvalue weighted by atomic mass is 9.90. The quantitative estimate of drug-likeness (QED) is 0.511. The lowest BCUT2D eigenvalue weighted by molar-refractivity contribution is 0.211. The van der Waals surface area contributed by atoms with Crippen LogP contribution in [0, 0.1) is 0 Å². The van der Waals surface area contributed by atoms with Crippen LogP contribution in [0.2, 0.25) is 0 Å². The average molecular weight is 279 g/mol. The Labute approximate surface area is 123 Å². The van der Waals surface area contributed by atoms with E-state index >= 15 is 0 Å². The minimum Gasteiger partial charge on any atom is -0.370 e. The molecule has 5 nitrogen and oxygen atoms in total. The molecule has 0 bridgehead atoms. The molecular formula is C15H29N5. The van der Waals surface area contributed by atoms with E-state index in [9.17, 15) is 0 Å². The van der Waals surface area contributed by atoms with E-state index in [1.165, 1.54) is 25.7 Å². The number of hydrogen-bond donors (Lipinski definition) is 3. The molecule has 0 atom stereocenters. The van der Waals surface area contributed by atoms with Crippen LogP contribution in [0.4, 0.5) is 0 Å². The number of rotatable bonds is 6. The Bertz CT molecular complexity index is 340. The summed E-state index contributed by atoms with van der Waals surface area (Å²) < 4.78 is 0. The van der Waals surface area contributed by atoms with Crippen molar-refractivity contribution in [2.24, 2.45) is 4.99 Å². The first-order valence-electron chi connectivity index (χ1n) is 7.27. The summed E-state index contributed by atoms with van der Waals surface area (Å²) in [5, 5.41) is 9.62. The zero-order valence-electron chi connectivity index (χ0n) is 13.1. The Morgan fingerprint density at radius 1 is 1.30 bits per heavy atom. The Hall–Kier alpha value is -1.49. The van der Waals surface area contributed by atoms with E-state index in [4.69, 9.17) is 0 Å². The minimum absolute atomic E-state index is 0.488. The molecule has 1 saturated carbocycles. The van der Waals surface area contributed by atoms with Crippen molar-refractivity contribution < 1.29 is 0 Å². The van der Waals surface area contributed by atoms with Crippen molar-refractivity contribution in [1.82, 2.24) is 20.9 Å². The third-order valence-corrected chi connectivity index (χ3v) is 3.62. The van der Waals surface area contributed by atoms with Gasteiger partial charge in [-0.2, -0.15) is 0 Å². The Morgan fingerprint density at radius 3 is 2.45 bits per heavy atom. The summed E-state index contributed by atoms with van der Waals surface area (Å²) in [5.41, 5.74) is 0.915. The molecule has 1 rings (SSSR count). The molecule has 0 heterocycles. The smallest absolute Gasteiger partial charge is 0.197 e. The molecule has 0 aromatic rings. The van der Waals surface area contributed by atoms with E-state index in [-0.39, 0.29) is 0 Å². The van der Waals surface area contributed by atoms with Gasteiger partial charge in [0.2, 0.25) is 0 Å². The van der Waals surface area contributed by atoms with Crippen molar-refractivity contribution in [3.05, 3.63) is 25.1 Å². The molecular weight excluding hydrogens is 250 g/mol. The number of allylic oxidation sites excluding steroid dienone is 1. The first kappa shape index (κ1) is 16.6. The van der Waals surface area contributed by atoms with Crippen LogP contribution in [-0.4, -0.2) is 43.7 Å². The first-order valence-corrected chi connectivity index (χ1v) is 7.27. The zero-order chi connectivity index (χ0) is 15.0. The van der Waals surface area contributed by atoms with Gasteiger partial charge in [-0.1, -0.05) is 13.2 Å². The standard InChI is InChI=1S/C15H29N5/c1-6-16-15(18-11-17-12(2)3)19-13-7-9-14(10-8-13)20(4)5/h6,13-14,17H,1-2,7-11H2,3-5H3,(H2,16,18,19). The van der Waals surface area contributed by atoms with Crippen LogP contribution in [0.25, 0.3) is 0 Å². The number of aliphatic imine (C=N–C) groups is 1. The van der Waals surface area contributed by atoms with Gasteiger partial charge in [-0.15, -0.1) is 0 Å². The fourth-order valence-corrected chi connectivity index (χ4v) is 2.41. The van der Waals surface area contributed by atoms with Gasteiger partial charge in [-0.25, -0.2) is 4.99 Å². The van der Waals surface area contributed by atoms with E-state index in [0.717, 1.165) is 11.7 Å². The number of guanidine groups is 1. The van der Waals surface area contributed by atoms with Crippen LogP contribution in [0.3, 0.4) is 0 Å². The van der Waals surface area contributed by atoms with Gasteiger partial charge in [0.1, 0.15) is 6.67 Å². The molecule has 0 aromatic heterocycles. The molecule has 0 saturated heterocycles. The van der Waals surface area contributed by atoms with Gasteiger partial charge < -0.3 is 20.9 Å². The number of hydrogen-bond acceptors (Lipinski definition) is 3. The lowest BCUT2D eigenvalue weighted by Gasteiger charge is -2.33. The molecule has 0 amide bonds. The predicted octanol–water partition coefficient (Wildman–Crippen LogP) is 1.62. The molecule has 1 fully saturated rings. The van der Waals surface area contributed by atoms with Crippen LogP contribution in [0.5, 0.6) is 0 Å². The highest BCUT2D eigenvalue weighted by molar-refractivity contribution is 5.80. The maximum atomic E-state index is 4.44. The summed E-state index contributed by atoms with van der Waals surface area (Å²) in [6.07, 6.45) is 6.47. The lowest BCUT2D eigenvalue weighted by Crippen LogP contribution is -2.45. The number of nitrogens with zero attached hydrogens (tertiary/aromatic N) is 2. The average Bonchev–Trinajstić information content (AvgIpc) is 2.39. The van der Waals surface area contributed by atoms with Crippen molar-refractivity contribution in [3.63, 3.8) is 0 Å². The minimum atomic E-state index is 0.488. The maximum absolute atomic E-state index is 4.44. The van der Waals surface area contributed by atoms with Crippen molar-refractivity contribution in [1.29, 1.82) is 0 Å². The highest BCUT2D eigenvalue weighted by atomic mass is 15.2. The Balaban J connectivity index is 2.42. The van der Waals surface area contributed by atoms with Crippen LogP contribution in [0.15, 0.2) is 30.0 Å². The highest BCUT2D eigenvalue weighted by Gasteiger charge is 2.22. The highest BCUT2D eigenvalue weighted by Crippen LogP contribution is 2.21. The Morgan fingerprint density at radius 2 is 1.95 bits per heavy atom. The summed E-state index contributed by atoms with van der Waals surface area (Å²) in [6.45, 7) is 9.93.